The van der Waals surface area contributed by atoms with Crippen LogP contribution in [0.2, 0.25) is 0 Å². The van der Waals surface area contributed by atoms with Gasteiger partial charge >= 0.3 is 0 Å². The summed E-state index contributed by atoms with van der Waals surface area (Å²) in [4.78, 5) is 0.285. The number of rotatable bonds is 6. The van der Waals surface area contributed by atoms with E-state index in [4.69, 9.17) is 0 Å². The third-order valence-corrected chi connectivity index (χ3v) is 4.63. The number of sulfonamides is 1. The van der Waals surface area contributed by atoms with Gasteiger partial charge in [-0.25, -0.2) is 13.1 Å². The number of tetrazole rings is 1. The SMILES string of the molecule is CCNc1cc(C)c(S(=O)(=O)NCc2nn[nH]n2)c(C)c1. The lowest BCUT2D eigenvalue weighted by Gasteiger charge is -2.14. The van der Waals surface area contributed by atoms with E-state index < -0.39 is 10.0 Å². The molecule has 21 heavy (non-hydrogen) atoms. The topological polar surface area (TPSA) is 113 Å². The van der Waals surface area contributed by atoms with E-state index in [1.165, 1.54) is 0 Å². The molecule has 2 rings (SSSR count). The van der Waals surface area contributed by atoms with Gasteiger partial charge in [0, 0.05) is 12.2 Å². The van der Waals surface area contributed by atoms with Gasteiger partial charge in [-0.15, -0.1) is 10.2 Å². The number of aromatic nitrogens is 4. The molecule has 0 aliphatic carbocycles. The molecule has 0 aliphatic heterocycles. The van der Waals surface area contributed by atoms with Crippen molar-refractivity contribution < 1.29 is 8.42 Å². The highest BCUT2D eigenvalue weighted by Gasteiger charge is 2.20. The van der Waals surface area contributed by atoms with Gasteiger partial charge < -0.3 is 5.32 Å². The van der Waals surface area contributed by atoms with E-state index in [0.29, 0.717) is 11.1 Å². The summed E-state index contributed by atoms with van der Waals surface area (Å²) in [6.45, 7) is 6.31. The summed E-state index contributed by atoms with van der Waals surface area (Å²) in [7, 11) is -3.63. The lowest BCUT2D eigenvalue weighted by molar-refractivity contribution is 0.578. The monoisotopic (exact) mass is 310 g/mol. The molecule has 1 aromatic carbocycles. The van der Waals surface area contributed by atoms with E-state index in [1.807, 2.05) is 19.1 Å². The molecule has 8 nitrogen and oxygen atoms in total. The largest absolute Gasteiger partial charge is 0.385 e. The first-order valence-electron chi connectivity index (χ1n) is 6.51. The van der Waals surface area contributed by atoms with Crippen molar-refractivity contribution in [3.63, 3.8) is 0 Å². The Morgan fingerprint density at radius 2 is 1.90 bits per heavy atom. The van der Waals surface area contributed by atoms with E-state index in [0.717, 1.165) is 12.2 Å². The summed E-state index contributed by atoms with van der Waals surface area (Å²) < 4.78 is 27.3. The molecule has 0 saturated heterocycles. The second kappa shape index (κ2) is 6.19. The van der Waals surface area contributed by atoms with Crippen LogP contribution in [0.15, 0.2) is 17.0 Å². The first kappa shape index (κ1) is 15.4. The molecule has 1 aromatic heterocycles. The van der Waals surface area contributed by atoms with Crippen LogP contribution >= 0.6 is 0 Å². The van der Waals surface area contributed by atoms with Crippen LogP contribution in [0, 0.1) is 13.8 Å². The number of hydrogen-bond acceptors (Lipinski definition) is 6. The summed E-state index contributed by atoms with van der Waals surface area (Å²) in [6.07, 6.45) is 0. The second-order valence-electron chi connectivity index (χ2n) is 4.62. The number of aromatic amines is 1. The van der Waals surface area contributed by atoms with Crippen molar-refractivity contribution >= 4 is 15.7 Å². The molecular weight excluding hydrogens is 292 g/mol. The zero-order valence-electron chi connectivity index (χ0n) is 12.1. The molecule has 1 heterocycles. The molecule has 0 bridgehead atoms. The molecular formula is C12H18N6O2S. The Balaban J connectivity index is 2.27. The predicted octanol–water partition coefficient (Wildman–Crippen LogP) is 0.727. The van der Waals surface area contributed by atoms with Gasteiger partial charge in [0.05, 0.1) is 11.4 Å². The Morgan fingerprint density at radius 3 is 2.43 bits per heavy atom. The fourth-order valence-corrected chi connectivity index (χ4v) is 3.60. The maximum absolute atomic E-state index is 12.4. The highest BCUT2D eigenvalue weighted by atomic mass is 32.2. The number of nitrogens with zero attached hydrogens (tertiary/aromatic N) is 3. The Labute approximate surface area is 123 Å². The lowest BCUT2D eigenvalue weighted by atomic mass is 10.1. The first-order valence-corrected chi connectivity index (χ1v) is 7.99. The Morgan fingerprint density at radius 1 is 1.24 bits per heavy atom. The number of hydrogen-bond donors (Lipinski definition) is 3. The maximum atomic E-state index is 12.4. The lowest BCUT2D eigenvalue weighted by Crippen LogP contribution is -2.25. The smallest absolute Gasteiger partial charge is 0.241 e. The minimum absolute atomic E-state index is 0.00727. The zero-order valence-corrected chi connectivity index (χ0v) is 13.0. The molecule has 3 N–H and O–H groups in total. The predicted molar refractivity (Wildman–Crippen MR) is 78.3 cm³/mol. The fraction of sp³-hybridized carbons (Fsp3) is 0.417. The minimum atomic E-state index is -3.63. The van der Waals surface area contributed by atoms with Gasteiger partial charge in [0.15, 0.2) is 5.82 Å². The van der Waals surface area contributed by atoms with Gasteiger partial charge in [-0.2, -0.15) is 5.21 Å². The van der Waals surface area contributed by atoms with Crippen LogP contribution in [-0.4, -0.2) is 35.6 Å². The summed E-state index contributed by atoms with van der Waals surface area (Å²) in [5.74, 6) is 0.290. The van der Waals surface area contributed by atoms with Crippen LogP contribution in [0.1, 0.15) is 23.9 Å². The van der Waals surface area contributed by atoms with Gasteiger partial charge in [-0.3, -0.25) is 0 Å². The average Bonchev–Trinajstić information content (AvgIpc) is 2.88. The molecule has 0 aliphatic rings. The molecule has 0 radical (unpaired) electrons. The van der Waals surface area contributed by atoms with Gasteiger partial charge in [0.2, 0.25) is 10.0 Å². The summed E-state index contributed by atoms with van der Waals surface area (Å²) in [5, 5.41) is 16.3. The molecule has 0 atom stereocenters. The molecule has 9 heteroatoms. The Kier molecular flexibility index (Phi) is 4.53. The molecule has 0 unspecified atom stereocenters. The number of H-pyrrole nitrogens is 1. The number of anilines is 1. The van der Waals surface area contributed by atoms with E-state index >= 15 is 0 Å². The fourth-order valence-electron chi connectivity index (χ4n) is 2.17. The first-order chi connectivity index (χ1) is 9.94. The second-order valence-corrected chi connectivity index (χ2v) is 6.33. The number of aryl methyl sites for hydroxylation is 2. The van der Waals surface area contributed by atoms with Crippen LogP contribution in [0.3, 0.4) is 0 Å². The third-order valence-electron chi connectivity index (χ3n) is 2.92. The van der Waals surface area contributed by atoms with Crippen LogP contribution in [-0.2, 0) is 16.6 Å². The van der Waals surface area contributed by atoms with Crippen molar-refractivity contribution in [2.24, 2.45) is 0 Å². The summed E-state index contributed by atoms with van der Waals surface area (Å²) in [6, 6.07) is 3.64. The molecule has 0 amide bonds. The molecule has 0 fully saturated rings. The van der Waals surface area contributed by atoms with E-state index in [1.54, 1.807) is 13.8 Å². The van der Waals surface area contributed by atoms with Gasteiger partial charge in [-0.1, -0.05) is 5.21 Å². The highest BCUT2D eigenvalue weighted by Crippen LogP contribution is 2.24. The third kappa shape index (κ3) is 3.56. The van der Waals surface area contributed by atoms with E-state index in [2.05, 4.69) is 30.7 Å². The van der Waals surface area contributed by atoms with Crippen molar-refractivity contribution in [2.45, 2.75) is 32.2 Å². The van der Waals surface area contributed by atoms with Crippen molar-refractivity contribution in [1.29, 1.82) is 0 Å². The molecule has 2 aromatic rings. The summed E-state index contributed by atoms with van der Waals surface area (Å²) in [5.41, 5.74) is 2.28. The molecule has 114 valence electrons. The minimum Gasteiger partial charge on any atom is -0.385 e. The van der Waals surface area contributed by atoms with Crippen molar-refractivity contribution in [1.82, 2.24) is 25.3 Å². The standard InChI is InChI=1S/C12H18N6O2S/c1-4-13-10-5-8(2)12(9(3)6-10)21(19,20)14-7-11-15-17-18-16-11/h5-6,13-14H,4,7H2,1-3H3,(H,15,16,17,18). The van der Waals surface area contributed by atoms with Crippen molar-refractivity contribution in [3.05, 3.63) is 29.1 Å². The maximum Gasteiger partial charge on any atom is 0.241 e. The van der Waals surface area contributed by atoms with Crippen LogP contribution < -0.4 is 10.0 Å². The van der Waals surface area contributed by atoms with Crippen molar-refractivity contribution in [2.75, 3.05) is 11.9 Å². The molecule has 0 spiro atoms. The normalized spacial score (nSPS) is 11.6. The van der Waals surface area contributed by atoms with E-state index in [-0.39, 0.29) is 17.3 Å². The Hall–Kier alpha value is -2.00. The van der Waals surface area contributed by atoms with Crippen molar-refractivity contribution in [3.8, 4) is 0 Å². The molecule has 0 saturated carbocycles. The van der Waals surface area contributed by atoms with Gasteiger partial charge in [0.1, 0.15) is 0 Å². The average molecular weight is 310 g/mol. The quantitative estimate of drug-likeness (QED) is 0.725. The van der Waals surface area contributed by atoms with Crippen LogP contribution in [0.4, 0.5) is 5.69 Å². The zero-order chi connectivity index (χ0) is 15.5. The van der Waals surface area contributed by atoms with Gasteiger partial charge in [0.25, 0.3) is 0 Å². The summed E-state index contributed by atoms with van der Waals surface area (Å²) >= 11 is 0. The van der Waals surface area contributed by atoms with E-state index in [9.17, 15) is 8.42 Å². The van der Waals surface area contributed by atoms with Crippen LogP contribution in [0.5, 0.6) is 0 Å². The van der Waals surface area contributed by atoms with Crippen LogP contribution in [0.25, 0.3) is 0 Å². The number of nitrogens with one attached hydrogen (secondary N) is 3. The highest BCUT2D eigenvalue weighted by molar-refractivity contribution is 7.89. The Bertz CT molecular complexity index is 688. The van der Waals surface area contributed by atoms with Gasteiger partial charge in [-0.05, 0) is 44.0 Å². The number of benzene rings is 1.